The number of alkyl halides is 22. The summed E-state index contributed by atoms with van der Waals surface area (Å²) in [6.45, 7) is -3.99. The predicted molar refractivity (Wildman–Crippen MR) is 94.9 cm³/mol. The maximum absolute atomic E-state index is 14.3. The van der Waals surface area contributed by atoms with Crippen LogP contribution in [0.5, 0.6) is 0 Å². The Labute approximate surface area is 245 Å². The lowest BCUT2D eigenvalue weighted by Gasteiger charge is -2.47. The predicted octanol–water partition coefficient (Wildman–Crippen LogP) is 8.61. The molecule has 2 heterocycles. The molecule has 0 unspecified atom stereocenters. The molecule has 2 saturated heterocycles. The molecule has 6 nitrogen and oxygen atoms in total. The molecule has 282 valence electrons. The molecular weight excluding hydrogens is 764 g/mol. The number of hydrogen-bond acceptors (Lipinski definition) is 6. The highest BCUT2D eigenvalue weighted by molar-refractivity contribution is 5.14. The molecule has 2 aliphatic heterocycles. The van der Waals surface area contributed by atoms with Gasteiger partial charge in [0.15, 0.2) is 0 Å². The first-order valence-electron chi connectivity index (χ1n) is 11.2. The molecular formula is C18H8F24N2O4. The lowest BCUT2D eigenvalue weighted by Crippen LogP contribution is -2.73. The van der Waals surface area contributed by atoms with Crippen LogP contribution in [0.3, 0.4) is 0 Å². The summed E-state index contributed by atoms with van der Waals surface area (Å²) >= 11 is 0. The van der Waals surface area contributed by atoms with Crippen molar-refractivity contribution < 1.29 is 124 Å². The number of hydrogen-bond donors (Lipinski definition) is 0. The van der Waals surface area contributed by atoms with Crippen molar-refractivity contribution in [3.63, 3.8) is 0 Å². The topological polar surface area (TPSA) is 43.4 Å². The van der Waals surface area contributed by atoms with Gasteiger partial charge in [-0.3, -0.25) is 0 Å². The average molecular weight is 772 g/mol. The van der Waals surface area contributed by atoms with E-state index in [1.165, 1.54) is 0 Å². The van der Waals surface area contributed by atoms with Crippen LogP contribution < -0.4 is 0 Å². The Morgan fingerprint density at radius 3 is 0.833 bits per heavy atom. The van der Waals surface area contributed by atoms with E-state index in [1.807, 2.05) is 9.47 Å². The molecule has 0 aromatic carbocycles. The molecule has 30 heteroatoms. The van der Waals surface area contributed by atoms with Gasteiger partial charge >= 0.3 is 61.0 Å². The maximum atomic E-state index is 14.3. The van der Waals surface area contributed by atoms with Gasteiger partial charge in [-0.05, 0) is 12.8 Å². The van der Waals surface area contributed by atoms with E-state index in [2.05, 4.69) is 9.47 Å². The van der Waals surface area contributed by atoms with Gasteiger partial charge in [-0.1, -0.05) is 0 Å². The fourth-order valence-electron chi connectivity index (χ4n) is 3.21. The van der Waals surface area contributed by atoms with Crippen molar-refractivity contribution in [2.75, 3.05) is 13.2 Å². The third kappa shape index (κ3) is 6.72. The minimum absolute atomic E-state index is 1.46. The highest BCUT2D eigenvalue weighted by Gasteiger charge is 2.85. The number of unbranched alkanes of at least 4 members (excludes halogenated alkanes) is 1. The molecule has 0 bridgehead atoms. The Hall–Kier alpha value is -3.08. The van der Waals surface area contributed by atoms with E-state index >= 15 is 0 Å². The largest absolute Gasteiger partial charge is 0.486 e. The summed E-state index contributed by atoms with van der Waals surface area (Å²) in [6.07, 6.45) is -43.5. The first-order valence-corrected chi connectivity index (χ1v) is 11.2. The molecule has 0 saturated carbocycles. The van der Waals surface area contributed by atoms with Gasteiger partial charge in [0.25, 0.3) is 11.5 Å². The van der Waals surface area contributed by atoms with Gasteiger partial charge < -0.3 is 9.47 Å². The Balaban J connectivity index is 2.34. The summed E-state index contributed by atoms with van der Waals surface area (Å²) in [4.78, 5) is -6.74. The number of allylic oxidation sites excluding steroid dienone is 2. The highest BCUT2D eigenvalue weighted by Crippen LogP contribution is 2.59. The molecule has 0 spiro atoms. The first kappa shape index (κ1) is 41.1. The lowest BCUT2D eigenvalue weighted by atomic mass is 10.2. The van der Waals surface area contributed by atoms with Crippen molar-refractivity contribution in [1.29, 1.82) is 0 Å². The molecule has 0 atom stereocenters. The molecule has 0 aromatic rings. The van der Waals surface area contributed by atoms with Gasteiger partial charge in [-0.25, -0.2) is 19.3 Å². The molecule has 48 heavy (non-hydrogen) atoms. The summed E-state index contributed by atoms with van der Waals surface area (Å²) in [5.74, 6) is -16.3. The van der Waals surface area contributed by atoms with Gasteiger partial charge in [0.05, 0.1) is 13.2 Å². The zero-order valence-corrected chi connectivity index (χ0v) is 21.4. The van der Waals surface area contributed by atoms with Crippen LogP contribution in [-0.2, 0) is 18.9 Å². The summed E-state index contributed by atoms with van der Waals surface area (Å²) < 4.78 is 334. The third-order valence-corrected chi connectivity index (χ3v) is 5.35. The number of ether oxygens (including phenoxy) is 4. The smallest absolute Gasteiger partial charge is 0.453 e. The van der Waals surface area contributed by atoms with Gasteiger partial charge in [0, 0.05) is 0 Å². The normalized spacial score (nSPS) is 26.3. The number of morpholine rings is 2. The van der Waals surface area contributed by atoms with E-state index < -0.39 is 120 Å². The van der Waals surface area contributed by atoms with Gasteiger partial charge in [0.1, 0.15) is 0 Å². The van der Waals surface area contributed by atoms with Gasteiger partial charge in [-0.15, -0.1) is 0 Å². The summed E-state index contributed by atoms with van der Waals surface area (Å²) in [7, 11) is 0. The molecule has 0 amide bonds. The zero-order valence-electron chi connectivity index (χ0n) is 21.4. The summed E-state index contributed by atoms with van der Waals surface area (Å²) in [6, 6.07) is -28.2. The van der Waals surface area contributed by atoms with Crippen molar-refractivity contribution in [3.8, 4) is 0 Å². The van der Waals surface area contributed by atoms with Crippen LogP contribution in [0.1, 0.15) is 12.8 Å². The van der Waals surface area contributed by atoms with Crippen LogP contribution in [0.2, 0.25) is 0 Å². The van der Waals surface area contributed by atoms with E-state index in [0.29, 0.717) is 0 Å². The first-order chi connectivity index (χ1) is 21.0. The monoisotopic (exact) mass is 772 g/mol. The van der Waals surface area contributed by atoms with Crippen molar-refractivity contribution >= 4 is 0 Å². The van der Waals surface area contributed by atoms with Gasteiger partial charge in [-0.2, -0.15) is 105 Å². The molecule has 2 fully saturated rings. The van der Waals surface area contributed by atoms with Crippen LogP contribution >= 0.6 is 0 Å². The van der Waals surface area contributed by atoms with E-state index in [9.17, 15) is 105 Å². The summed E-state index contributed by atoms with van der Waals surface area (Å²) in [5, 5.41) is 0. The standard InChI is InChI=1S/C18H8F24N2O4/c19-7(43-11(27,28)15(35,36)47-16(37,38)12(43,29)30)5(9(21,22)23)45-3-1-2-4-46-6(10(24,25)26)8(20)44-13(31,32)17(39,40)48-18(41,42)14(44,33)34/h1-4H2/b7-5+,8-6+. The Bertz CT molecular complexity index is 1120. The lowest BCUT2D eigenvalue weighted by molar-refractivity contribution is -0.559. The second kappa shape index (κ2) is 11.8. The minimum Gasteiger partial charge on any atom is -0.486 e. The molecule has 0 aromatic heterocycles. The highest BCUT2D eigenvalue weighted by atomic mass is 19.4. The average Bonchev–Trinajstić information content (AvgIpc) is 2.80. The van der Waals surface area contributed by atoms with Crippen LogP contribution in [0.25, 0.3) is 0 Å². The quantitative estimate of drug-likeness (QED) is 0.101. The van der Waals surface area contributed by atoms with E-state index in [1.54, 1.807) is 0 Å². The van der Waals surface area contributed by atoms with Crippen molar-refractivity contribution in [1.82, 2.24) is 9.80 Å². The number of nitrogens with zero attached hydrogens (tertiary/aromatic N) is 2. The Morgan fingerprint density at radius 1 is 0.438 bits per heavy atom. The van der Waals surface area contributed by atoms with Crippen molar-refractivity contribution in [2.45, 2.75) is 73.8 Å². The summed E-state index contributed by atoms with van der Waals surface area (Å²) in [5.41, 5.74) is 0. The van der Waals surface area contributed by atoms with Gasteiger partial charge in [0.2, 0.25) is 11.9 Å². The van der Waals surface area contributed by atoms with Crippen LogP contribution in [0, 0.1) is 0 Å². The molecule has 0 N–H and O–H groups in total. The second-order valence-corrected chi connectivity index (χ2v) is 8.75. The van der Waals surface area contributed by atoms with Crippen LogP contribution in [0.4, 0.5) is 105 Å². The van der Waals surface area contributed by atoms with E-state index in [-0.39, 0.29) is 0 Å². The fraction of sp³-hybridized carbons (Fsp3) is 0.778. The van der Waals surface area contributed by atoms with Crippen molar-refractivity contribution in [2.24, 2.45) is 0 Å². The number of rotatable bonds is 9. The molecule has 0 aliphatic carbocycles. The molecule has 2 rings (SSSR count). The SMILES string of the molecule is F/C(=C(\OCCCCO/C(=C(\F)N1C(F)(F)C(F)(F)OC(F)(F)C1(F)F)C(F)(F)F)C(F)(F)F)N1C(F)(F)C(F)(F)OC(F)(F)C1(F)F. The minimum atomic E-state index is -7.04. The Morgan fingerprint density at radius 2 is 0.646 bits per heavy atom. The van der Waals surface area contributed by atoms with E-state index in [0.717, 1.165) is 0 Å². The van der Waals surface area contributed by atoms with Crippen LogP contribution in [-0.4, -0.2) is 84.0 Å². The fourth-order valence-corrected chi connectivity index (χ4v) is 3.21. The Kier molecular flexibility index (Phi) is 10.1. The number of halogens is 24. The van der Waals surface area contributed by atoms with Crippen LogP contribution in [0.15, 0.2) is 23.4 Å². The van der Waals surface area contributed by atoms with E-state index in [4.69, 9.17) is 0 Å². The molecule has 2 aliphatic rings. The van der Waals surface area contributed by atoms with Crippen molar-refractivity contribution in [3.05, 3.63) is 23.4 Å². The maximum Gasteiger partial charge on any atom is 0.453 e. The molecule has 0 radical (unpaired) electrons. The second-order valence-electron chi connectivity index (χ2n) is 8.75. The zero-order chi connectivity index (χ0) is 38.1. The third-order valence-electron chi connectivity index (χ3n) is 5.35.